The van der Waals surface area contributed by atoms with Crippen LogP contribution in [0.5, 0.6) is 0 Å². The van der Waals surface area contributed by atoms with Crippen molar-refractivity contribution in [2.45, 2.75) is 38.6 Å². The van der Waals surface area contributed by atoms with Crippen molar-refractivity contribution in [2.24, 2.45) is 11.7 Å². The second kappa shape index (κ2) is 6.86. The Kier molecular flexibility index (Phi) is 5.77. The van der Waals surface area contributed by atoms with Crippen molar-refractivity contribution in [2.75, 3.05) is 26.8 Å². The first kappa shape index (κ1) is 13.5. The Morgan fingerprint density at radius 3 is 2.69 bits per heavy atom. The van der Waals surface area contributed by atoms with Gasteiger partial charge in [0, 0.05) is 19.7 Å². The van der Waals surface area contributed by atoms with E-state index in [0.29, 0.717) is 18.5 Å². The molecule has 0 saturated heterocycles. The molecule has 94 valence electrons. The summed E-state index contributed by atoms with van der Waals surface area (Å²) in [5, 5.41) is 0. The van der Waals surface area contributed by atoms with Crippen molar-refractivity contribution >= 4 is 5.91 Å². The van der Waals surface area contributed by atoms with Crippen LogP contribution in [0.25, 0.3) is 0 Å². The maximum absolute atomic E-state index is 11.9. The third-order valence-electron chi connectivity index (χ3n) is 3.50. The molecule has 1 aliphatic carbocycles. The summed E-state index contributed by atoms with van der Waals surface area (Å²) in [6.07, 6.45) is 4.69. The second-order valence-corrected chi connectivity index (χ2v) is 4.46. The molecule has 0 aromatic carbocycles. The quantitative estimate of drug-likeness (QED) is 0.763. The minimum absolute atomic E-state index is 0.0929. The molecule has 16 heavy (non-hydrogen) atoms. The highest BCUT2D eigenvalue weighted by Gasteiger charge is 2.30. The first-order valence-electron chi connectivity index (χ1n) is 6.23. The predicted octanol–water partition coefficient (Wildman–Crippen LogP) is 0.999. The van der Waals surface area contributed by atoms with Gasteiger partial charge in [0.2, 0.25) is 5.91 Å². The van der Waals surface area contributed by atoms with E-state index in [4.69, 9.17) is 10.5 Å². The van der Waals surface area contributed by atoms with Crippen molar-refractivity contribution in [3.63, 3.8) is 0 Å². The second-order valence-electron chi connectivity index (χ2n) is 4.46. The van der Waals surface area contributed by atoms with Gasteiger partial charge in [-0.25, -0.2) is 0 Å². The largest absolute Gasteiger partial charge is 0.375 e. The molecule has 1 fully saturated rings. The third kappa shape index (κ3) is 3.19. The van der Waals surface area contributed by atoms with Crippen LogP contribution >= 0.6 is 0 Å². The van der Waals surface area contributed by atoms with Gasteiger partial charge in [-0.05, 0) is 32.2 Å². The van der Waals surface area contributed by atoms with E-state index in [0.717, 1.165) is 19.4 Å². The Morgan fingerprint density at radius 1 is 1.44 bits per heavy atom. The number of nitrogens with two attached hydrogens (primary N) is 1. The number of hydrogen-bond donors (Lipinski definition) is 1. The molecule has 0 heterocycles. The van der Waals surface area contributed by atoms with Gasteiger partial charge in [0.15, 0.2) is 0 Å². The summed E-state index contributed by atoms with van der Waals surface area (Å²) >= 11 is 0. The van der Waals surface area contributed by atoms with Gasteiger partial charge >= 0.3 is 0 Å². The molecule has 2 unspecified atom stereocenters. The number of nitrogens with zero attached hydrogens (tertiary/aromatic N) is 1. The Bertz CT molecular complexity index is 221. The van der Waals surface area contributed by atoms with Crippen LogP contribution < -0.4 is 5.73 Å². The number of carbonyl (C=O) groups is 1. The lowest BCUT2D eigenvalue weighted by atomic mass is 9.83. The fourth-order valence-corrected chi connectivity index (χ4v) is 2.68. The van der Waals surface area contributed by atoms with E-state index in [1.807, 2.05) is 11.8 Å². The molecule has 1 amide bonds. The van der Waals surface area contributed by atoms with Gasteiger partial charge in [-0.3, -0.25) is 4.79 Å². The fourth-order valence-electron chi connectivity index (χ4n) is 2.68. The summed E-state index contributed by atoms with van der Waals surface area (Å²) in [5.74, 6) is 0.560. The zero-order valence-corrected chi connectivity index (χ0v) is 10.4. The fraction of sp³-hybridized carbons (Fsp3) is 0.917. The first-order valence-corrected chi connectivity index (χ1v) is 6.23. The lowest BCUT2D eigenvalue weighted by Crippen LogP contribution is -2.49. The number of hydrogen-bond acceptors (Lipinski definition) is 3. The number of rotatable bonds is 5. The lowest BCUT2D eigenvalue weighted by Gasteiger charge is -2.39. The normalized spacial score (nSPS) is 25.4. The van der Waals surface area contributed by atoms with Crippen LogP contribution in [0.2, 0.25) is 0 Å². The minimum Gasteiger partial charge on any atom is -0.375 e. The smallest absolute Gasteiger partial charge is 0.248 e. The maximum atomic E-state index is 11.9. The van der Waals surface area contributed by atoms with Gasteiger partial charge in [0.1, 0.15) is 6.61 Å². The summed E-state index contributed by atoms with van der Waals surface area (Å²) in [7, 11) is 1.56. The number of methoxy groups -OCH3 is 1. The van der Waals surface area contributed by atoms with E-state index in [1.165, 1.54) is 12.8 Å². The van der Waals surface area contributed by atoms with Gasteiger partial charge in [0.05, 0.1) is 0 Å². The molecule has 1 aliphatic rings. The highest BCUT2D eigenvalue weighted by Crippen LogP contribution is 2.27. The van der Waals surface area contributed by atoms with E-state index < -0.39 is 0 Å². The van der Waals surface area contributed by atoms with E-state index in [2.05, 4.69) is 0 Å². The van der Waals surface area contributed by atoms with Crippen molar-refractivity contribution in [3.05, 3.63) is 0 Å². The first-order chi connectivity index (χ1) is 7.74. The van der Waals surface area contributed by atoms with E-state index >= 15 is 0 Å². The average molecular weight is 228 g/mol. The van der Waals surface area contributed by atoms with Crippen LogP contribution in [0.1, 0.15) is 32.6 Å². The predicted molar refractivity (Wildman–Crippen MR) is 64.1 cm³/mol. The van der Waals surface area contributed by atoms with Crippen LogP contribution in [0.4, 0.5) is 0 Å². The van der Waals surface area contributed by atoms with Crippen molar-refractivity contribution < 1.29 is 9.53 Å². The standard InChI is InChI=1S/C12H24N2O2/c1-3-14(12(15)9-16-2)11-7-5-4-6-10(11)8-13/h10-11H,3-9,13H2,1-2H3. The van der Waals surface area contributed by atoms with Gasteiger partial charge in [-0.2, -0.15) is 0 Å². The molecule has 0 spiro atoms. The van der Waals surface area contributed by atoms with Crippen molar-refractivity contribution in [1.29, 1.82) is 0 Å². The van der Waals surface area contributed by atoms with Gasteiger partial charge in [-0.1, -0.05) is 12.8 Å². The zero-order chi connectivity index (χ0) is 12.0. The molecule has 0 bridgehead atoms. The molecule has 0 aromatic rings. The van der Waals surface area contributed by atoms with E-state index in [1.54, 1.807) is 7.11 Å². The number of amides is 1. The van der Waals surface area contributed by atoms with E-state index in [9.17, 15) is 4.79 Å². The van der Waals surface area contributed by atoms with Crippen molar-refractivity contribution in [3.8, 4) is 0 Å². The van der Waals surface area contributed by atoms with Crippen LogP contribution in [0, 0.1) is 5.92 Å². The summed E-state index contributed by atoms with van der Waals surface area (Å²) < 4.78 is 4.92. The molecule has 2 N–H and O–H groups in total. The average Bonchev–Trinajstić information content (AvgIpc) is 2.31. The lowest BCUT2D eigenvalue weighted by molar-refractivity contribution is -0.139. The van der Waals surface area contributed by atoms with Gasteiger partial charge in [0.25, 0.3) is 0 Å². The molecule has 2 atom stereocenters. The highest BCUT2D eigenvalue weighted by atomic mass is 16.5. The third-order valence-corrected chi connectivity index (χ3v) is 3.50. The number of carbonyl (C=O) groups excluding carboxylic acids is 1. The van der Waals surface area contributed by atoms with Crippen LogP contribution in [-0.4, -0.2) is 43.7 Å². The molecule has 1 rings (SSSR count). The molecular formula is C12H24N2O2. The molecule has 0 radical (unpaired) electrons. The highest BCUT2D eigenvalue weighted by molar-refractivity contribution is 5.77. The summed E-state index contributed by atoms with van der Waals surface area (Å²) in [4.78, 5) is 13.8. The van der Waals surface area contributed by atoms with Crippen LogP contribution in [0.3, 0.4) is 0 Å². The van der Waals surface area contributed by atoms with Crippen LogP contribution in [-0.2, 0) is 9.53 Å². The van der Waals surface area contributed by atoms with Gasteiger partial charge in [-0.15, -0.1) is 0 Å². The van der Waals surface area contributed by atoms with E-state index in [-0.39, 0.29) is 12.5 Å². The molecule has 4 heteroatoms. The number of likely N-dealkylation sites (N-methyl/N-ethyl adjacent to an activating group) is 1. The monoisotopic (exact) mass is 228 g/mol. The van der Waals surface area contributed by atoms with Gasteiger partial charge < -0.3 is 15.4 Å². The zero-order valence-electron chi connectivity index (χ0n) is 10.4. The maximum Gasteiger partial charge on any atom is 0.248 e. The molecule has 1 saturated carbocycles. The molecule has 0 aliphatic heterocycles. The Hall–Kier alpha value is -0.610. The Morgan fingerprint density at radius 2 is 2.12 bits per heavy atom. The topological polar surface area (TPSA) is 55.6 Å². The number of ether oxygens (including phenoxy) is 1. The Labute approximate surface area is 98.1 Å². The SMILES string of the molecule is CCN(C(=O)COC)C1CCCCC1CN. The van der Waals surface area contributed by atoms with Crippen molar-refractivity contribution in [1.82, 2.24) is 4.90 Å². The molecular weight excluding hydrogens is 204 g/mol. The van der Waals surface area contributed by atoms with Crippen LogP contribution in [0.15, 0.2) is 0 Å². The summed E-state index contributed by atoms with van der Waals surface area (Å²) in [6.45, 7) is 3.64. The minimum atomic E-state index is 0.0929. The molecule has 0 aromatic heterocycles. The summed E-state index contributed by atoms with van der Waals surface area (Å²) in [5.41, 5.74) is 5.79. The summed E-state index contributed by atoms with van der Waals surface area (Å²) in [6, 6.07) is 0.325. The Balaban J connectivity index is 2.65. The molecule has 4 nitrogen and oxygen atoms in total.